The Labute approximate surface area is 237 Å². The molecule has 0 aromatic heterocycles. The minimum Gasteiger partial charge on any atom is -0.497 e. The maximum absolute atomic E-state index is 14.6. The number of benzene rings is 1. The van der Waals surface area contributed by atoms with Gasteiger partial charge >= 0.3 is 0 Å². The van der Waals surface area contributed by atoms with Crippen molar-refractivity contribution in [3.63, 3.8) is 0 Å². The van der Waals surface area contributed by atoms with Crippen LogP contribution in [0.5, 0.6) is 5.75 Å². The van der Waals surface area contributed by atoms with Crippen molar-refractivity contribution in [3.8, 4) is 5.75 Å². The van der Waals surface area contributed by atoms with Crippen LogP contribution in [0.15, 0.2) is 49.6 Å². The van der Waals surface area contributed by atoms with Gasteiger partial charge in [0.15, 0.2) is 0 Å². The molecule has 3 unspecified atom stereocenters. The molecule has 3 aliphatic rings. The van der Waals surface area contributed by atoms with Gasteiger partial charge in [-0.1, -0.05) is 26.0 Å². The first-order valence-electron chi connectivity index (χ1n) is 14.1. The highest BCUT2D eigenvalue weighted by Gasteiger charge is 2.80. The van der Waals surface area contributed by atoms with Crippen LogP contribution in [0, 0.1) is 17.8 Å². The number of aliphatic hydroxyl groups is 1. The number of fused-ring (bicyclic) bond motifs is 1. The molecule has 0 radical (unpaired) electrons. The van der Waals surface area contributed by atoms with Crippen molar-refractivity contribution >= 4 is 23.4 Å². The molecule has 1 aromatic carbocycles. The molecule has 0 aliphatic carbocycles. The lowest BCUT2D eigenvalue weighted by Gasteiger charge is -2.39. The average Bonchev–Trinajstić information content (AvgIpc) is 3.47. The van der Waals surface area contributed by atoms with E-state index in [0.29, 0.717) is 30.9 Å². The van der Waals surface area contributed by atoms with Crippen LogP contribution >= 0.6 is 0 Å². The lowest BCUT2D eigenvalue weighted by Crippen LogP contribution is -2.58. The summed E-state index contributed by atoms with van der Waals surface area (Å²) in [5.41, 5.74) is -1.50. The molecule has 1 aromatic rings. The predicted octanol–water partition coefficient (Wildman–Crippen LogP) is 3.03. The van der Waals surface area contributed by atoms with Crippen LogP contribution in [0.25, 0.3) is 0 Å². The van der Waals surface area contributed by atoms with Crippen LogP contribution in [-0.2, 0) is 19.1 Å². The molecule has 0 saturated carbocycles. The molecule has 3 aliphatic heterocycles. The molecule has 3 amide bonds. The van der Waals surface area contributed by atoms with Crippen LogP contribution in [-0.4, -0.2) is 89.3 Å². The highest BCUT2D eigenvalue weighted by molar-refractivity contribution is 6.05. The van der Waals surface area contributed by atoms with Gasteiger partial charge in [0, 0.05) is 25.3 Å². The number of anilines is 1. The number of hydrogen-bond donors (Lipinski definition) is 1. The number of amides is 3. The monoisotopic (exact) mass is 553 g/mol. The summed E-state index contributed by atoms with van der Waals surface area (Å²) >= 11 is 0. The van der Waals surface area contributed by atoms with E-state index in [1.165, 1.54) is 4.90 Å². The van der Waals surface area contributed by atoms with Crippen molar-refractivity contribution in [2.45, 2.75) is 63.8 Å². The van der Waals surface area contributed by atoms with Gasteiger partial charge in [-0.25, -0.2) is 0 Å². The largest absolute Gasteiger partial charge is 0.497 e. The van der Waals surface area contributed by atoms with Crippen molar-refractivity contribution in [1.82, 2.24) is 9.80 Å². The molecular weight excluding hydrogens is 510 g/mol. The molecule has 40 heavy (non-hydrogen) atoms. The third kappa shape index (κ3) is 4.43. The van der Waals surface area contributed by atoms with E-state index in [-0.39, 0.29) is 36.8 Å². The standard InChI is InChI=1S/C31H43N3O6/c1-8-15-32(16-9-2)27(36)24-25-28(37)34(21(5)19-35)26(31(25)18-20(4)30(24,6)40-31)29(38)33(17-10-3)22-11-13-23(39-7)14-12-22/h8,10-14,20-21,24-26,35H,1,3,9,15-19H2,2,4-7H3/t20?,21-,24-,25+,26?,30+,31?/m1/s1. The highest BCUT2D eigenvalue weighted by Crippen LogP contribution is 2.65. The van der Waals surface area contributed by atoms with Gasteiger partial charge in [0.05, 0.1) is 37.2 Å². The van der Waals surface area contributed by atoms with Crippen molar-refractivity contribution in [3.05, 3.63) is 49.6 Å². The first kappa shape index (κ1) is 29.8. The van der Waals surface area contributed by atoms with E-state index in [1.807, 2.05) is 20.8 Å². The Balaban J connectivity index is 1.84. The van der Waals surface area contributed by atoms with Crippen molar-refractivity contribution in [2.24, 2.45) is 17.8 Å². The summed E-state index contributed by atoms with van der Waals surface area (Å²) in [7, 11) is 1.57. The number of methoxy groups -OCH3 is 1. The molecule has 3 saturated heterocycles. The van der Waals surface area contributed by atoms with E-state index in [0.717, 1.165) is 6.42 Å². The van der Waals surface area contributed by atoms with E-state index in [1.54, 1.807) is 60.3 Å². The Bertz CT molecular complexity index is 1150. The number of carbonyl (C=O) groups excluding carboxylic acids is 3. The van der Waals surface area contributed by atoms with E-state index in [4.69, 9.17) is 9.47 Å². The van der Waals surface area contributed by atoms with Crippen LogP contribution in [0.4, 0.5) is 5.69 Å². The first-order valence-corrected chi connectivity index (χ1v) is 14.1. The van der Waals surface area contributed by atoms with Gasteiger partial charge in [-0.05, 0) is 56.9 Å². The Morgan fingerprint density at radius 1 is 1.23 bits per heavy atom. The minimum atomic E-state index is -1.20. The summed E-state index contributed by atoms with van der Waals surface area (Å²) in [5, 5.41) is 10.2. The fourth-order valence-corrected chi connectivity index (χ4v) is 7.17. The number of hydrogen-bond acceptors (Lipinski definition) is 6. The summed E-state index contributed by atoms with van der Waals surface area (Å²) in [6, 6.07) is 5.44. The normalized spacial score (nSPS) is 31.1. The molecule has 2 bridgehead atoms. The highest BCUT2D eigenvalue weighted by atomic mass is 16.5. The fraction of sp³-hybridized carbons (Fsp3) is 0.581. The number of likely N-dealkylation sites (tertiary alicyclic amines) is 1. The van der Waals surface area contributed by atoms with Gasteiger partial charge in [-0.15, -0.1) is 13.2 Å². The molecule has 9 nitrogen and oxygen atoms in total. The number of aliphatic hydroxyl groups excluding tert-OH is 1. The maximum atomic E-state index is 14.6. The van der Waals surface area contributed by atoms with Crippen molar-refractivity contribution < 1.29 is 29.0 Å². The Morgan fingerprint density at radius 2 is 1.88 bits per heavy atom. The van der Waals surface area contributed by atoms with Gasteiger partial charge < -0.3 is 29.3 Å². The molecule has 3 fully saturated rings. The first-order chi connectivity index (χ1) is 19.1. The van der Waals surface area contributed by atoms with Crippen LogP contribution in [0.1, 0.15) is 40.5 Å². The predicted molar refractivity (Wildman–Crippen MR) is 153 cm³/mol. The molecule has 3 heterocycles. The molecular formula is C31H43N3O6. The quantitative estimate of drug-likeness (QED) is 0.400. The third-order valence-corrected chi connectivity index (χ3v) is 9.11. The SMILES string of the molecule is C=CCN(CCC)C(=O)[C@H]1[C@H]2C(=O)N([C@H](C)CO)C(C(=O)N(CC=C)c3ccc(OC)cc3)C23CC(C)[C@]1(C)O3. The van der Waals surface area contributed by atoms with Gasteiger partial charge in [0.25, 0.3) is 5.91 Å². The molecule has 1 spiro atoms. The summed E-state index contributed by atoms with van der Waals surface area (Å²) in [6.45, 7) is 16.1. The van der Waals surface area contributed by atoms with E-state index in [9.17, 15) is 19.5 Å². The smallest absolute Gasteiger partial charge is 0.253 e. The second-order valence-electron chi connectivity index (χ2n) is 11.5. The Hall–Kier alpha value is -3.17. The number of nitrogens with zero attached hydrogens (tertiary/aromatic N) is 3. The van der Waals surface area contributed by atoms with Crippen molar-refractivity contribution in [1.29, 1.82) is 0 Å². The molecule has 7 atom stereocenters. The zero-order valence-corrected chi connectivity index (χ0v) is 24.3. The molecule has 9 heteroatoms. The number of ether oxygens (including phenoxy) is 2. The summed E-state index contributed by atoms with van der Waals surface area (Å²) in [5.74, 6) is -1.83. The van der Waals surface area contributed by atoms with Crippen molar-refractivity contribution in [2.75, 3.05) is 38.3 Å². The van der Waals surface area contributed by atoms with Gasteiger partial charge in [0.2, 0.25) is 11.8 Å². The van der Waals surface area contributed by atoms with E-state index >= 15 is 0 Å². The minimum absolute atomic E-state index is 0.0776. The molecule has 218 valence electrons. The second-order valence-corrected chi connectivity index (χ2v) is 11.5. The summed E-state index contributed by atoms with van der Waals surface area (Å²) < 4.78 is 12.1. The Kier molecular flexibility index (Phi) is 8.47. The van der Waals surface area contributed by atoms with Crippen LogP contribution in [0.2, 0.25) is 0 Å². The third-order valence-electron chi connectivity index (χ3n) is 9.11. The van der Waals surface area contributed by atoms with E-state index in [2.05, 4.69) is 13.2 Å². The molecule has 4 rings (SSSR count). The number of carbonyl (C=O) groups is 3. The van der Waals surface area contributed by atoms with Crippen LogP contribution in [0.3, 0.4) is 0 Å². The van der Waals surface area contributed by atoms with Gasteiger partial charge in [-0.3, -0.25) is 14.4 Å². The van der Waals surface area contributed by atoms with Gasteiger partial charge in [0.1, 0.15) is 17.4 Å². The maximum Gasteiger partial charge on any atom is 0.253 e. The average molecular weight is 554 g/mol. The topological polar surface area (TPSA) is 99.6 Å². The molecule has 1 N–H and O–H groups in total. The Morgan fingerprint density at radius 3 is 2.42 bits per heavy atom. The number of rotatable bonds is 12. The van der Waals surface area contributed by atoms with Gasteiger partial charge in [-0.2, -0.15) is 0 Å². The summed E-state index contributed by atoms with van der Waals surface area (Å²) in [4.78, 5) is 47.9. The zero-order chi connectivity index (χ0) is 29.4. The fourth-order valence-electron chi connectivity index (χ4n) is 7.17. The van der Waals surface area contributed by atoms with E-state index < -0.39 is 35.1 Å². The zero-order valence-electron chi connectivity index (χ0n) is 24.3. The lowest BCUT2D eigenvalue weighted by atomic mass is 9.62. The second kappa shape index (κ2) is 11.4. The summed E-state index contributed by atoms with van der Waals surface area (Å²) in [6.07, 6.45) is 4.54. The van der Waals surface area contributed by atoms with Crippen LogP contribution < -0.4 is 9.64 Å². The lowest BCUT2D eigenvalue weighted by molar-refractivity contribution is -0.153.